The molecule has 1 saturated carbocycles. The van der Waals surface area contributed by atoms with Crippen LogP contribution in [-0.2, 0) is 6.54 Å². The largest absolute Gasteiger partial charge is 0.407 e. The van der Waals surface area contributed by atoms with Crippen molar-refractivity contribution < 1.29 is 4.42 Å². The summed E-state index contributed by atoms with van der Waals surface area (Å²) < 4.78 is 5.63. The lowest BCUT2D eigenvalue weighted by atomic mass is 10.5. The number of nitrogens with one attached hydrogen (secondary N) is 1. The number of hydrogen-bond donors (Lipinski definition) is 1. The van der Waals surface area contributed by atoms with Gasteiger partial charge in [0, 0.05) is 30.6 Å². The van der Waals surface area contributed by atoms with Crippen molar-refractivity contribution in [1.82, 2.24) is 15.5 Å². The maximum Gasteiger partial charge on any atom is 0.318 e. The molecule has 1 aromatic rings. The second-order valence-corrected chi connectivity index (χ2v) is 5.46. The highest BCUT2D eigenvalue weighted by atomic mass is 32.2. The third kappa shape index (κ3) is 2.49. The summed E-state index contributed by atoms with van der Waals surface area (Å²) in [5.74, 6) is 3.01. The highest BCUT2D eigenvalue weighted by Gasteiger charge is 2.22. The van der Waals surface area contributed by atoms with Crippen molar-refractivity contribution in [3.63, 3.8) is 0 Å². The van der Waals surface area contributed by atoms with E-state index in [-0.39, 0.29) is 0 Å². The molecule has 1 aliphatic carbocycles. The van der Waals surface area contributed by atoms with Gasteiger partial charge in [-0.05, 0) is 12.8 Å². The first kappa shape index (κ1) is 10.4. The molecular weight excluding hydrogens is 224 g/mol. The Hall–Kier alpha value is -0.750. The summed E-state index contributed by atoms with van der Waals surface area (Å²) in [6.07, 6.45) is 2.56. The monoisotopic (exact) mass is 240 g/mol. The second kappa shape index (κ2) is 4.63. The van der Waals surface area contributed by atoms with Crippen molar-refractivity contribution in [2.75, 3.05) is 29.5 Å². The Morgan fingerprint density at radius 3 is 2.88 bits per heavy atom. The van der Waals surface area contributed by atoms with Crippen molar-refractivity contribution in [2.45, 2.75) is 25.4 Å². The van der Waals surface area contributed by atoms with E-state index in [1.54, 1.807) is 0 Å². The van der Waals surface area contributed by atoms with Crippen LogP contribution < -0.4 is 10.2 Å². The number of thioether (sulfide) groups is 1. The Labute approximate surface area is 99.0 Å². The summed E-state index contributed by atoms with van der Waals surface area (Å²) in [4.78, 5) is 2.17. The first-order valence-electron chi connectivity index (χ1n) is 5.80. The first-order chi connectivity index (χ1) is 7.92. The van der Waals surface area contributed by atoms with Crippen LogP contribution in [0.25, 0.3) is 0 Å². The van der Waals surface area contributed by atoms with E-state index in [1.807, 2.05) is 11.8 Å². The Kier molecular flexibility index (Phi) is 3.01. The molecule has 0 aromatic carbocycles. The van der Waals surface area contributed by atoms with Crippen LogP contribution in [0.2, 0.25) is 0 Å². The summed E-state index contributed by atoms with van der Waals surface area (Å²) >= 11 is 1.98. The number of aromatic nitrogens is 2. The Bertz CT molecular complexity index is 346. The van der Waals surface area contributed by atoms with Crippen molar-refractivity contribution in [1.29, 1.82) is 0 Å². The van der Waals surface area contributed by atoms with Crippen LogP contribution in [0.5, 0.6) is 0 Å². The standard InChI is InChI=1S/C10H16N4OS/c1-2-8(1)11-7-9-12-13-10(15-9)14-3-5-16-6-4-14/h8,11H,1-7H2. The van der Waals surface area contributed by atoms with Crippen LogP contribution in [0.15, 0.2) is 4.42 Å². The predicted octanol–water partition coefficient (Wildman–Crippen LogP) is 0.875. The SMILES string of the molecule is C1CN(c2nnc(CNC3CC3)o2)CCS1. The van der Waals surface area contributed by atoms with Crippen LogP contribution in [0.3, 0.4) is 0 Å². The van der Waals surface area contributed by atoms with Crippen molar-refractivity contribution >= 4 is 17.8 Å². The van der Waals surface area contributed by atoms with E-state index in [2.05, 4.69) is 20.4 Å². The molecule has 1 saturated heterocycles. The lowest BCUT2D eigenvalue weighted by molar-refractivity contribution is 0.462. The van der Waals surface area contributed by atoms with E-state index >= 15 is 0 Å². The third-order valence-electron chi connectivity index (χ3n) is 2.86. The highest BCUT2D eigenvalue weighted by molar-refractivity contribution is 7.99. The fourth-order valence-corrected chi connectivity index (χ4v) is 2.62. The lowest BCUT2D eigenvalue weighted by Gasteiger charge is -2.23. The summed E-state index contributed by atoms with van der Waals surface area (Å²) in [6.45, 7) is 2.74. The molecule has 16 heavy (non-hydrogen) atoms. The molecule has 0 atom stereocenters. The fraction of sp³-hybridized carbons (Fsp3) is 0.800. The van der Waals surface area contributed by atoms with Gasteiger partial charge in [0.25, 0.3) is 0 Å². The number of nitrogens with zero attached hydrogens (tertiary/aromatic N) is 3. The van der Waals surface area contributed by atoms with E-state index in [1.165, 1.54) is 12.8 Å². The molecule has 6 heteroatoms. The van der Waals surface area contributed by atoms with Gasteiger partial charge >= 0.3 is 6.01 Å². The smallest absolute Gasteiger partial charge is 0.318 e. The van der Waals surface area contributed by atoms with Crippen LogP contribution in [0.1, 0.15) is 18.7 Å². The minimum absolute atomic E-state index is 0.682. The molecule has 0 unspecified atom stereocenters. The zero-order chi connectivity index (χ0) is 10.8. The summed E-state index contributed by atoms with van der Waals surface area (Å²) in [7, 11) is 0. The molecule has 1 aliphatic heterocycles. The summed E-state index contributed by atoms with van der Waals surface area (Å²) in [6, 6.07) is 1.37. The van der Waals surface area contributed by atoms with Gasteiger partial charge in [-0.15, -0.1) is 5.10 Å². The van der Waals surface area contributed by atoms with Gasteiger partial charge in [0.2, 0.25) is 5.89 Å². The molecular formula is C10H16N4OS. The Morgan fingerprint density at radius 1 is 1.31 bits per heavy atom. The van der Waals surface area contributed by atoms with Crippen molar-refractivity contribution in [3.05, 3.63) is 5.89 Å². The van der Waals surface area contributed by atoms with Crippen LogP contribution in [0.4, 0.5) is 6.01 Å². The maximum atomic E-state index is 5.63. The van der Waals surface area contributed by atoms with Gasteiger partial charge in [0.1, 0.15) is 0 Å². The molecule has 5 nitrogen and oxygen atoms in total. The molecule has 0 amide bonds. The molecule has 2 aliphatic rings. The van der Waals surface area contributed by atoms with Crippen LogP contribution in [-0.4, -0.2) is 40.8 Å². The minimum atomic E-state index is 0.682. The zero-order valence-electron chi connectivity index (χ0n) is 9.19. The maximum absolute atomic E-state index is 5.63. The molecule has 0 radical (unpaired) electrons. The first-order valence-corrected chi connectivity index (χ1v) is 6.96. The Morgan fingerprint density at radius 2 is 2.12 bits per heavy atom. The average molecular weight is 240 g/mol. The van der Waals surface area contributed by atoms with Gasteiger partial charge in [-0.1, -0.05) is 5.10 Å². The Balaban J connectivity index is 1.57. The predicted molar refractivity (Wildman–Crippen MR) is 63.7 cm³/mol. The van der Waals surface area contributed by atoms with Gasteiger partial charge < -0.3 is 14.6 Å². The van der Waals surface area contributed by atoms with Gasteiger partial charge in [-0.3, -0.25) is 0 Å². The fourth-order valence-electron chi connectivity index (χ4n) is 1.72. The lowest BCUT2D eigenvalue weighted by Crippen LogP contribution is -2.32. The molecule has 0 spiro atoms. The summed E-state index contributed by atoms with van der Waals surface area (Å²) in [5.41, 5.74) is 0. The van der Waals surface area contributed by atoms with E-state index in [0.717, 1.165) is 24.6 Å². The van der Waals surface area contributed by atoms with E-state index in [0.29, 0.717) is 24.5 Å². The van der Waals surface area contributed by atoms with E-state index in [9.17, 15) is 0 Å². The number of anilines is 1. The molecule has 1 aromatic heterocycles. The van der Waals surface area contributed by atoms with Crippen molar-refractivity contribution in [3.8, 4) is 0 Å². The zero-order valence-corrected chi connectivity index (χ0v) is 10.0. The van der Waals surface area contributed by atoms with Gasteiger partial charge in [0.15, 0.2) is 0 Å². The van der Waals surface area contributed by atoms with Gasteiger partial charge in [-0.25, -0.2) is 0 Å². The average Bonchev–Trinajstić information content (AvgIpc) is 3.05. The topological polar surface area (TPSA) is 54.2 Å². The highest BCUT2D eigenvalue weighted by Crippen LogP contribution is 2.20. The van der Waals surface area contributed by atoms with Crippen molar-refractivity contribution in [2.24, 2.45) is 0 Å². The second-order valence-electron chi connectivity index (χ2n) is 4.23. The summed E-state index contributed by atoms with van der Waals surface area (Å²) in [5, 5.41) is 11.5. The van der Waals surface area contributed by atoms with E-state index < -0.39 is 0 Å². The van der Waals surface area contributed by atoms with Crippen LogP contribution in [0, 0.1) is 0 Å². The molecule has 3 rings (SSSR count). The molecule has 1 N–H and O–H groups in total. The minimum Gasteiger partial charge on any atom is -0.407 e. The third-order valence-corrected chi connectivity index (χ3v) is 3.80. The van der Waals surface area contributed by atoms with Crippen LogP contribution >= 0.6 is 11.8 Å². The molecule has 2 fully saturated rings. The van der Waals surface area contributed by atoms with Gasteiger partial charge in [-0.2, -0.15) is 11.8 Å². The number of hydrogen-bond acceptors (Lipinski definition) is 6. The van der Waals surface area contributed by atoms with Gasteiger partial charge in [0.05, 0.1) is 6.54 Å². The van der Waals surface area contributed by atoms with E-state index in [4.69, 9.17) is 4.42 Å². The molecule has 88 valence electrons. The number of rotatable bonds is 4. The quantitative estimate of drug-likeness (QED) is 0.843. The molecule has 0 bridgehead atoms. The molecule has 2 heterocycles. The normalized spacial score (nSPS) is 21.4.